The van der Waals surface area contributed by atoms with Gasteiger partial charge in [-0.15, -0.1) is 0 Å². The number of hydrogen-bond donors (Lipinski definition) is 0. The van der Waals surface area contributed by atoms with E-state index in [0.29, 0.717) is 0 Å². The van der Waals surface area contributed by atoms with E-state index < -0.39 is 0 Å². The van der Waals surface area contributed by atoms with Crippen LogP contribution in [0.4, 0.5) is 0 Å². The fourth-order valence-electron chi connectivity index (χ4n) is 0.359. The molecule has 0 aromatic rings. The molecule has 1 rings (SSSR count). The van der Waals surface area contributed by atoms with E-state index in [2.05, 4.69) is 5.10 Å². The van der Waals surface area contributed by atoms with Crippen molar-refractivity contribution in [2.75, 3.05) is 6.54 Å². The summed E-state index contributed by atoms with van der Waals surface area (Å²) in [5.74, 6) is 0. The monoisotopic (exact) mass is 262 g/mol. The molecule has 6 heavy (non-hydrogen) atoms. The summed E-state index contributed by atoms with van der Waals surface area (Å²) in [6.45, 7) is 1.10. The molecule has 36 valence electrons. The van der Waals surface area contributed by atoms with Gasteiger partial charge in [-0.05, 0) is 0 Å². The quantitative estimate of drug-likeness (QED) is 0.605. The Kier molecular flexibility index (Phi) is 1.22. The molecule has 0 bridgehead atoms. The SMILES string of the molecule is [Ir][N]1CCC=N1. The van der Waals surface area contributed by atoms with Gasteiger partial charge in [0.2, 0.25) is 0 Å². The molecule has 0 saturated carbocycles. The van der Waals surface area contributed by atoms with Gasteiger partial charge in [0.05, 0.1) is 0 Å². The van der Waals surface area contributed by atoms with Gasteiger partial charge in [0.25, 0.3) is 0 Å². The summed E-state index contributed by atoms with van der Waals surface area (Å²) in [6.07, 6.45) is 3.05. The van der Waals surface area contributed by atoms with Crippen molar-refractivity contribution in [3.63, 3.8) is 0 Å². The molecule has 0 unspecified atom stereocenters. The Balaban J connectivity index is 2.38. The van der Waals surface area contributed by atoms with Crippen LogP contribution in [0.5, 0.6) is 0 Å². The van der Waals surface area contributed by atoms with Gasteiger partial charge in [0.15, 0.2) is 0 Å². The van der Waals surface area contributed by atoms with Crippen LogP contribution in [0.15, 0.2) is 5.10 Å². The van der Waals surface area contributed by atoms with Gasteiger partial charge in [-0.3, -0.25) is 0 Å². The van der Waals surface area contributed by atoms with E-state index in [9.17, 15) is 0 Å². The van der Waals surface area contributed by atoms with Crippen LogP contribution in [-0.4, -0.2) is 16.4 Å². The molecule has 0 aromatic heterocycles. The summed E-state index contributed by atoms with van der Waals surface area (Å²) >= 11 is 1.98. The predicted molar refractivity (Wildman–Crippen MR) is 19.8 cm³/mol. The molecule has 0 atom stereocenters. The molecule has 2 nitrogen and oxygen atoms in total. The number of hydrogen-bond acceptors (Lipinski definition) is 2. The Bertz CT molecular complexity index is 71.2. The molecule has 0 fully saturated rings. The van der Waals surface area contributed by atoms with Crippen LogP contribution < -0.4 is 0 Å². The molecule has 0 saturated heterocycles. The third kappa shape index (κ3) is 0.791. The number of rotatable bonds is 0. The standard InChI is InChI=1S/C3H5N2.Ir/c1-2-4-5-3-1;/h2H,1,3H2;/q-1;+1. The van der Waals surface area contributed by atoms with Gasteiger partial charge < -0.3 is 0 Å². The molecule has 0 aliphatic carbocycles. The van der Waals surface area contributed by atoms with Crippen LogP contribution >= 0.6 is 0 Å². The predicted octanol–water partition coefficient (Wildman–Crippen LogP) is 0.140. The van der Waals surface area contributed by atoms with Gasteiger partial charge in [-0.1, -0.05) is 0 Å². The molecule has 0 amide bonds. The minimum atomic E-state index is 1.10. The van der Waals surface area contributed by atoms with E-state index in [-0.39, 0.29) is 0 Å². The Morgan fingerprint density at radius 1 is 1.83 bits per heavy atom. The zero-order valence-electron chi connectivity index (χ0n) is 3.22. The van der Waals surface area contributed by atoms with Crippen molar-refractivity contribution in [3.05, 3.63) is 0 Å². The Morgan fingerprint density at radius 2 is 2.67 bits per heavy atom. The number of hydrazone groups is 1. The van der Waals surface area contributed by atoms with Crippen LogP contribution in [-0.2, 0) is 19.1 Å². The normalized spacial score (nSPS) is 20.0. The average Bonchev–Trinajstić information content (AvgIpc) is 1.86. The summed E-state index contributed by atoms with van der Waals surface area (Å²) < 4.78 is 1.93. The first-order chi connectivity index (χ1) is 2.89. The maximum atomic E-state index is 3.94. The molecular weight excluding hydrogens is 256 g/mol. The van der Waals surface area contributed by atoms with E-state index >= 15 is 0 Å². The first kappa shape index (κ1) is 4.28. The van der Waals surface area contributed by atoms with E-state index in [1.165, 1.54) is 0 Å². The Morgan fingerprint density at radius 3 is 2.83 bits per heavy atom. The van der Waals surface area contributed by atoms with Crippen molar-refractivity contribution < 1.29 is 19.1 Å². The van der Waals surface area contributed by atoms with Crippen LogP contribution in [0.3, 0.4) is 0 Å². The molecule has 0 spiro atoms. The van der Waals surface area contributed by atoms with Gasteiger partial charge in [-0.2, -0.15) is 0 Å². The summed E-state index contributed by atoms with van der Waals surface area (Å²) in [5, 5.41) is 3.94. The van der Waals surface area contributed by atoms with Gasteiger partial charge >= 0.3 is 47.1 Å². The van der Waals surface area contributed by atoms with E-state index in [4.69, 9.17) is 0 Å². The van der Waals surface area contributed by atoms with Crippen molar-refractivity contribution in [3.8, 4) is 0 Å². The first-order valence-corrected chi connectivity index (χ1v) is 2.90. The summed E-state index contributed by atoms with van der Waals surface area (Å²) in [6, 6.07) is 0. The first-order valence-electron chi connectivity index (χ1n) is 1.83. The topological polar surface area (TPSA) is 15.6 Å². The van der Waals surface area contributed by atoms with Gasteiger partial charge in [0.1, 0.15) is 0 Å². The van der Waals surface area contributed by atoms with Crippen molar-refractivity contribution in [2.24, 2.45) is 5.10 Å². The minimum absolute atomic E-state index is 1.10. The molecule has 0 radical (unpaired) electrons. The fraction of sp³-hybridized carbons (Fsp3) is 0.667. The van der Waals surface area contributed by atoms with Crippen molar-refractivity contribution in [1.29, 1.82) is 0 Å². The summed E-state index contributed by atoms with van der Waals surface area (Å²) in [4.78, 5) is 0. The van der Waals surface area contributed by atoms with E-state index in [0.717, 1.165) is 13.0 Å². The Hall–Kier alpha value is 0.119. The van der Waals surface area contributed by atoms with Crippen LogP contribution in [0.25, 0.3) is 0 Å². The van der Waals surface area contributed by atoms with Crippen LogP contribution in [0.1, 0.15) is 6.42 Å². The molecule has 1 aliphatic rings. The number of nitrogens with zero attached hydrogens (tertiary/aromatic N) is 2. The van der Waals surface area contributed by atoms with Gasteiger partial charge in [0, 0.05) is 0 Å². The molecule has 3 heteroatoms. The molecule has 0 N–H and O–H groups in total. The molecule has 1 aliphatic heterocycles. The van der Waals surface area contributed by atoms with Gasteiger partial charge in [-0.25, -0.2) is 0 Å². The summed E-state index contributed by atoms with van der Waals surface area (Å²) in [5.41, 5.74) is 0. The average molecular weight is 261 g/mol. The van der Waals surface area contributed by atoms with Crippen molar-refractivity contribution >= 4 is 6.21 Å². The molecule has 0 aromatic carbocycles. The second kappa shape index (κ2) is 1.71. The van der Waals surface area contributed by atoms with Crippen molar-refractivity contribution in [1.82, 2.24) is 3.68 Å². The fourth-order valence-corrected chi connectivity index (χ4v) is 0.864. The Labute approximate surface area is 47.6 Å². The van der Waals surface area contributed by atoms with E-state index in [1.807, 2.05) is 29.0 Å². The zero-order valence-corrected chi connectivity index (χ0v) is 5.61. The van der Waals surface area contributed by atoms with Crippen LogP contribution in [0.2, 0.25) is 0 Å². The third-order valence-electron chi connectivity index (χ3n) is 0.635. The van der Waals surface area contributed by atoms with Crippen molar-refractivity contribution in [2.45, 2.75) is 6.42 Å². The summed E-state index contributed by atoms with van der Waals surface area (Å²) in [7, 11) is 0. The second-order valence-electron chi connectivity index (χ2n) is 1.12. The maximum absolute atomic E-state index is 3.94. The second-order valence-corrected chi connectivity index (χ2v) is 2.36. The zero-order chi connectivity index (χ0) is 4.41. The molecule has 1 heterocycles. The third-order valence-corrected chi connectivity index (χ3v) is 1.45. The van der Waals surface area contributed by atoms with Crippen LogP contribution in [0, 0.1) is 0 Å². The van der Waals surface area contributed by atoms with E-state index in [1.54, 1.807) is 0 Å². The molecular formula is C3H5IrN2.